The average molecular weight is 627 g/mol. The van der Waals surface area contributed by atoms with Crippen LogP contribution in [0.4, 0.5) is 4.79 Å². The van der Waals surface area contributed by atoms with Crippen LogP contribution in [-0.2, 0) is 35.8 Å². The number of imide groups is 1. The van der Waals surface area contributed by atoms with E-state index in [1.807, 2.05) is 0 Å². The van der Waals surface area contributed by atoms with Crippen LogP contribution >= 0.6 is 23.5 Å². The predicted molar refractivity (Wildman–Crippen MR) is 140 cm³/mol. The van der Waals surface area contributed by atoms with E-state index in [1.165, 1.54) is 16.5 Å². The summed E-state index contributed by atoms with van der Waals surface area (Å²) in [7, 11) is 2.75. The van der Waals surface area contributed by atoms with Gasteiger partial charge in [-0.15, -0.1) is 16.9 Å². The van der Waals surface area contributed by atoms with E-state index in [4.69, 9.17) is 4.74 Å². The predicted octanol–water partition coefficient (Wildman–Crippen LogP) is -4.17. The highest BCUT2D eigenvalue weighted by molar-refractivity contribution is 8.01. The maximum absolute atomic E-state index is 13.4. The van der Waals surface area contributed by atoms with Crippen molar-refractivity contribution in [1.82, 2.24) is 45.5 Å². The van der Waals surface area contributed by atoms with Crippen LogP contribution in [-0.4, -0.2) is 137 Å². The third-order valence-corrected chi connectivity index (χ3v) is 9.34. The van der Waals surface area contributed by atoms with Crippen molar-refractivity contribution in [3.63, 3.8) is 0 Å². The Morgan fingerprint density at radius 2 is 1.98 bits per heavy atom. The first-order valence-electron chi connectivity index (χ1n) is 12.6. The van der Waals surface area contributed by atoms with Gasteiger partial charge in [0, 0.05) is 45.3 Å². The smallest absolute Gasteiger partial charge is 0.325 e. The molecule has 0 saturated carbocycles. The molecule has 20 heteroatoms. The van der Waals surface area contributed by atoms with E-state index in [0.29, 0.717) is 15.6 Å². The number of hydrogen-bond donors (Lipinski definition) is 3. The number of aromatic nitrogens is 4. The van der Waals surface area contributed by atoms with Gasteiger partial charge < -0.3 is 35.3 Å². The van der Waals surface area contributed by atoms with Gasteiger partial charge in [0.25, 0.3) is 11.6 Å². The molecule has 3 N–H and O–H groups in total. The number of carbonyl (C=O) groups is 6. The summed E-state index contributed by atoms with van der Waals surface area (Å²) >= 11 is 2.28. The normalized spacial score (nSPS) is 23.8. The maximum atomic E-state index is 13.4. The number of nitrogens with one attached hydrogen (secondary N) is 2. The average Bonchev–Trinajstić information content (AvgIpc) is 3.37. The summed E-state index contributed by atoms with van der Waals surface area (Å²) in [4.78, 5) is 79.0. The molecule has 4 heterocycles. The Labute approximate surface area is 247 Å². The van der Waals surface area contributed by atoms with Crippen LogP contribution in [0.25, 0.3) is 0 Å². The van der Waals surface area contributed by atoms with Gasteiger partial charge in [-0.3, -0.25) is 29.0 Å². The summed E-state index contributed by atoms with van der Waals surface area (Å²) in [5, 5.41) is 37.5. The summed E-state index contributed by atoms with van der Waals surface area (Å²) in [6.45, 7) is 3.12. The number of fused-ring (bicyclic) bond motifs is 1. The number of carboxylic acid groups (broad SMARTS) is 1. The molecule has 0 spiro atoms. The van der Waals surface area contributed by atoms with E-state index in [9.17, 15) is 39.0 Å². The van der Waals surface area contributed by atoms with Crippen molar-refractivity contribution in [2.24, 2.45) is 7.05 Å². The molecule has 0 bridgehead atoms. The fraction of sp³-hybridized carbons (Fsp3) is 0.591. The minimum absolute atomic E-state index is 0.0975. The quantitative estimate of drug-likeness (QED) is 0.0968. The number of amides is 6. The molecule has 0 radical (unpaired) electrons. The van der Waals surface area contributed by atoms with Crippen molar-refractivity contribution >= 4 is 59.2 Å². The summed E-state index contributed by atoms with van der Waals surface area (Å²) in [5.41, 5.74) is -2.04. The summed E-state index contributed by atoms with van der Waals surface area (Å²) in [5.74, 6) is -5.27. The molecule has 4 atom stereocenters. The number of hydrogen-bond acceptors (Lipinski definition) is 14. The fourth-order valence-electron chi connectivity index (χ4n) is 4.58. The SMILES string of the molecule is CCN1CCN(C(=O)N[C@@H](C(=O)N[C@]2(OC)C(=O)N3C(C(=O)[O-])=C(CSc4nnnn4C)CS[C@@H]32)[C@H](C)O)C(=O)C1=O. The first-order valence-corrected chi connectivity index (χ1v) is 14.6. The molecule has 1 aromatic rings. The van der Waals surface area contributed by atoms with Crippen LogP contribution in [0, 0.1) is 0 Å². The van der Waals surface area contributed by atoms with Crippen LogP contribution in [0.1, 0.15) is 13.8 Å². The van der Waals surface area contributed by atoms with E-state index < -0.39 is 58.9 Å². The Bertz CT molecular complexity index is 1350. The number of aliphatic hydroxyl groups excluding tert-OH is 1. The van der Waals surface area contributed by atoms with Crippen LogP contribution in [0.15, 0.2) is 16.4 Å². The highest BCUT2D eigenvalue weighted by Crippen LogP contribution is 2.47. The number of tetrazole rings is 1. The van der Waals surface area contributed by atoms with Gasteiger partial charge >= 0.3 is 17.8 Å². The van der Waals surface area contributed by atoms with Crippen LogP contribution < -0.4 is 15.7 Å². The Hall–Kier alpha value is -3.75. The van der Waals surface area contributed by atoms with Crippen LogP contribution in [0.2, 0.25) is 0 Å². The number of carbonyl (C=O) groups excluding carboxylic acids is 6. The number of aliphatic hydroxyl groups is 1. The minimum Gasteiger partial charge on any atom is -0.543 e. The molecule has 2 saturated heterocycles. The first kappa shape index (κ1) is 31.2. The van der Waals surface area contributed by atoms with Gasteiger partial charge in [-0.1, -0.05) is 11.8 Å². The van der Waals surface area contributed by atoms with Crippen molar-refractivity contribution in [3.05, 3.63) is 11.3 Å². The minimum atomic E-state index is -2.04. The topological polar surface area (TPSA) is 232 Å². The van der Waals surface area contributed by atoms with Crippen molar-refractivity contribution in [1.29, 1.82) is 0 Å². The standard InChI is InChI=1S/C22H29N9O9S2/c1-5-29-6-7-30(16(35)15(29)34)20(39)23-12(10(2)32)14(33)24-22(40-4)18(38)31-13(17(36)37)11(8-41-19(22)31)9-42-21-25-26-27-28(21)3/h10,12,19,32H,5-9H2,1-4H3,(H,23,39)(H,24,33)(H,36,37)/p-1/t10-,12+,19+,22-/m0/s1. The van der Waals surface area contributed by atoms with Crippen molar-refractivity contribution < 1.29 is 43.7 Å². The molecule has 3 aliphatic heterocycles. The molecule has 42 heavy (non-hydrogen) atoms. The van der Waals surface area contributed by atoms with Gasteiger partial charge in [0.05, 0.1) is 17.8 Å². The third-order valence-electron chi connectivity index (χ3n) is 6.87. The number of β-lactam (4-membered cyclic amide) rings is 1. The largest absolute Gasteiger partial charge is 0.543 e. The number of aryl methyl sites for hydroxylation is 1. The van der Waals surface area contributed by atoms with Gasteiger partial charge in [-0.2, -0.15) is 0 Å². The lowest BCUT2D eigenvalue weighted by Gasteiger charge is -2.57. The monoisotopic (exact) mass is 626 g/mol. The second kappa shape index (κ2) is 12.2. The van der Waals surface area contributed by atoms with Crippen LogP contribution in [0.5, 0.6) is 0 Å². The highest BCUT2D eigenvalue weighted by atomic mass is 32.2. The molecule has 6 amide bonds. The zero-order valence-electron chi connectivity index (χ0n) is 22.9. The third kappa shape index (κ3) is 5.41. The second-order valence-corrected chi connectivity index (χ2v) is 11.4. The molecule has 2 fully saturated rings. The zero-order chi connectivity index (χ0) is 30.9. The Kier molecular flexibility index (Phi) is 9.09. The molecule has 1 aromatic heterocycles. The van der Waals surface area contributed by atoms with E-state index in [-0.39, 0.29) is 36.8 Å². The number of likely N-dealkylation sites (N-methyl/N-ethyl adjacent to an activating group) is 1. The summed E-state index contributed by atoms with van der Waals surface area (Å²) in [6.07, 6.45) is -1.51. The second-order valence-electron chi connectivity index (χ2n) is 9.39. The number of urea groups is 1. The van der Waals surface area contributed by atoms with Gasteiger partial charge in [-0.05, 0) is 29.8 Å². The van der Waals surface area contributed by atoms with Gasteiger partial charge in [0.15, 0.2) is 0 Å². The first-order chi connectivity index (χ1) is 19.9. The number of piperazine rings is 1. The lowest BCUT2D eigenvalue weighted by atomic mass is 9.97. The van der Waals surface area contributed by atoms with Crippen molar-refractivity contribution in [2.75, 3.05) is 38.2 Å². The zero-order valence-corrected chi connectivity index (χ0v) is 24.6. The summed E-state index contributed by atoms with van der Waals surface area (Å²) in [6, 6.07) is -2.76. The molecule has 18 nitrogen and oxygen atoms in total. The molecule has 4 rings (SSSR count). The number of carboxylic acids is 1. The Morgan fingerprint density at radius 3 is 2.55 bits per heavy atom. The number of rotatable bonds is 10. The summed E-state index contributed by atoms with van der Waals surface area (Å²) < 4.78 is 6.81. The molecule has 0 aliphatic carbocycles. The number of aliphatic carboxylic acids is 1. The van der Waals surface area contributed by atoms with E-state index >= 15 is 0 Å². The van der Waals surface area contributed by atoms with Crippen molar-refractivity contribution in [3.8, 4) is 0 Å². The van der Waals surface area contributed by atoms with Gasteiger partial charge in [0.2, 0.25) is 11.1 Å². The molecule has 0 aromatic carbocycles. The van der Waals surface area contributed by atoms with Gasteiger partial charge in [-0.25, -0.2) is 9.48 Å². The fourth-order valence-corrected chi connectivity index (χ4v) is 7.01. The molecular formula is C22H28N9O9S2-. The van der Waals surface area contributed by atoms with E-state index in [1.54, 1.807) is 14.0 Å². The molecule has 0 unspecified atom stereocenters. The Morgan fingerprint density at radius 1 is 1.26 bits per heavy atom. The Balaban J connectivity index is 1.49. The van der Waals surface area contributed by atoms with E-state index in [0.717, 1.165) is 35.5 Å². The molecule has 228 valence electrons. The molecular weight excluding hydrogens is 598 g/mol. The number of nitrogens with zero attached hydrogens (tertiary/aromatic N) is 7. The van der Waals surface area contributed by atoms with E-state index in [2.05, 4.69) is 26.2 Å². The lowest BCUT2D eigenvalue weighted by Crippen LogP contribution is -2.82. The van der Waals surface area contributed by atoms with Crippen molar-refractivity contribution in [2.45, 2.75) is 42.2 Å². The van der Waals surface area contributed by atoms with Crippen LogP contribution in [0.3, 0.4) is 0 Å². The highest BCUT2D eigenvalue weighted by Gasteiger charge is 2.66. The number of thioether (sulfide) groups is 2. The number of methoxy groups -OCH3 is 1. The molecule has 3 aliphatic rings. The number of ether oxygens (including phenoxy) is 1. The lowest BCUT2D eigenvalue weighted by molar-refractivity contribution is -0.302. The van der Waals surface area contributed by atoms with Gasteiger partial charge in [0.1, 0.15) is 11.4 Å². The maximum Gasteiger partial charge on any atom is 0.325 e.